The summed E-state index contributed by atoms with van der Waals surface area (Å²) in [4.78, 5) is 18.2. The van der Waals surface area contributed by atoms with E-state index in [0.717, 1.165) is 31.5 Å². The Morgan fingerprint density at radius 2 is 2.17 bits per heavy atom. The van der Waals surface area contributed by atoms with Gasteiger partial charge in [-0.15, -0.1) is 0 Å². The number of aromatic nitrogens is 1. The van der Waals surface area contributed by atoms with Crippen LogP contribution in [0.3, 0.4) is 0 Å². The van der Waals surface area contributed by atoms with Crippen LogP contribution in [0.1, 0.15) is 25.3 Å². The van der Waals surface area contributed by atoms with E-state index in [0.29, 0.717) is 11.5 Å². The van der Waals surface area contributed by atoms with Crippen molar-refractivity contribution in [3.05, 3.63) is 17.8 Å². The smallest absolute Gasteiger partial charge is 0.244 e. The molecule has 1 atom stereocenters. The van der Waals surface area contributed by atoms with Crippen LogP contribution in [0.2, 0.25) is 0 Å². The minimum absolute atomic E-state index is 0.142. The second-order valence-electron chi connectivity index (χ2n) is 4.82. The molecule has 5 heteroatoms. The van der Waals surface area contributed by atoms with Gasteiger partial charge in [0.2, 0.25) is 5.91 Å². The third-order valence-electron chi connectivity index (χ3n) is 3.30. The Morgan fingerprint density at radius 3 is 2.78 bits per heavy atom. The standard InChI is InChI=1S/C13H20N4O/c1-9-7-12(15-8-11(9)14)16-10(2)13(18)17-5-3-4-6-17/h7-8,10H,3-6,14H2,1-2H3,(H,15,16). The summed E-state index contributed by atoms with van der Waals surface area (Å²) in [6.45, 7) is 5.54. The summed E-state index contributed by atoms with van der Waals surface area (Å²) in [5, 5.41) is 3.13. The lowest BCUT2D eigenvalue weighted by Crippen LogP contribution is -2.39. The van der Waals surface area contributed by atoms with Crippen LogP contribution in [0.15, 0.2) is 12.3 Å². The van der Waals surface area contributed by atoms with Gasteiger partial charge in [-0.25, -0.2) is 4.98 Å². The van der Waals surface area contributed by atoms with Crippen molar-refractivity contribution in [3.8, 4) is 0 Å². The number of pyridine rings is 1. The zero-order chi connectivity index (χ0) is 13.1. The van der Waals surface area contributed by atoms with Gasteiger partial charge >= 0.3 is 0 Å². The molecule has 1 unspecified atom stereocenters. The van der Waals surface area contributed by atoms with Crippen molar-refractivity contribution in [2.24, 2.45) is 0 Å². The van der Waals surface area contributed by atoms with Crippen LogP contribution >= 0.6 is 0 Å². The molecule has 5 nitrogen and oxygen atoms in total. The highest BCUT2D eigenvalue weighted by Crippen LogP contribution is 2.15. The number of carbonyl (C=O) groups is 1. The molecule has 1 saturated heterocycles. The zero-order valence-corrected chi connectivity index (χ0v) is 10.9. The minimum atomic E-state index is -0.251. The van der Waals surface area contributed by atoms with E-state index in [9.17, 15) is 4.79 Å². The Morgan fingerprint density at radius 1 is 1.50 bits per heavy atom. The van der Waals surface area contributed by atoms with Gasteiger partial charge in [0.1, 0.15) is 11.9 Å². The Kier molecular flexibility index (Phi) is 3.69. The van der Waals surface area contributed by atoms with Gasteiger partial charge < -0.3 is 16.0 Å². The zero-order valence-electron chi connectivity index (χ0n) is 10.9. The largest absolute Gasteiger partial charge is 0.397 e. The van der Waals surface area contributed by atoms with Crippen molar-refractivity contribution >= 4 is 17.4 Å². The number of rotatable bonds is 3. The average Bonchev–Trinajstić information content (AvgIpc) is 2.86. The summed E-state index contributed by atoms with van der Waals surface area (Å²) in [7, 11) is 0. The second-order valence-corrected chi connectivity index (χ2v) is 4.82. The molecule has 0 aliphatic carbocycles. The molecule has 1 fully saturated rings. The van der Waals surface area contributed by atoms with Crippen molar-refractivity contribution in [1.82, 2.24) is 9.88 Å². The fourth-order valence-electron chi connectivity index (χ4n) is 2.14. The number of anilines is 2. The molecule has 0 bridgehead atoms. The minimum Gasteiger partial charge on any atom is -0.397 e. The van der Waals surface area contributed by atoms with Gasteiger partial charge in [0.15, 0.2) is 0 Å². The maximum Gasteiger partial charge on any atom is 0.244 e. The highest BCUT2D eigenvalue weighted by molar-refractivity contribution is 5.84. The fourth-order valence-corrected chi connectivity index (χ4v) is 2.14. The summed E-state index contributed by atoms with van der Waals surface area (Å²) in [5.41, 5.74) is 7.35. The molecule has 0 saturated carbocycles. The third-order valence-corrected chi connectivity index (χ3v) is 3.30. The lowest BCUT2D eigenvalue weighted by molar-refractivity contribution is -0.130. The van der Waals surface area contributed by atoms with Gasteiger partial charge in [-0.05, 0) is 38.3 Å². The van der Waals surface area contributed by atoms with Crippen molar-refractivity contribution in [1.29, 1.82) is 0 Å². The van der Waals surface area contributed by atoms with Crippen LogP contribution in [0.5, 0.6) is 0 Å². The normalized spacial score (nSPS) is 16.7. The monoisotopic (exact) mass is 248 g/mol. The molecule has 1 aromatic rings. The first-order valence-electron chi connectivity index (χ1n) is 6.35. The summed E-state index contributed by atoms with van der Waals surface area (Å²) in [5.74, 6) is 0.838. The molecule has 0 aromatic carbocycles. The Hall–Kier alpha value is -1.78. The molecule has 0 radical (unpaired) electrons. The Labute approximate surface area is 107 Å². The predicted molar refractivity (Wildman–Crippen MR) is 72.3 cm³/mol. The molecule has 1 amide bonds. The number of likely N-dealkylation sites (tertiary alicyclic amines) is 1. The SMILES string of the molecule is Cc1cc(NC(C)C(=O)N2CCCC2)ncc1N. The van der Waals surface area contributed by atoms with E-state index in [1.54, 1.807) is 6.20 Å². The molecule has 3 N–H and O–H groups in total. The molecule has 18 heavy (non-hydrogen) atoms. The molecule has 1 aliphatic heterocycles. The molecule has 2 rings (SSSR count). The molecule has 98 valence electrons. The molecular formula is C13H20N4O. The number of hydrogen-bond donors (Lipinski definition) is 2. The lowest BCUT2D eigenvalue weighted by Gasteiger charge is -2.21. The number of nitrogen functional groups attached to an aromatic ring is 1. The van der Waals surface area contributed by atoms with Crippen LogP contribution in [-0.2, 0) is 4.79 Å². The quantitative estimate of drug-likeness (QED) is 0.848. The second kappa shape index (κ2) is 5.25. The molecule has 0 spiro atoms. The molecule has 1 aromatic heterocycles. The van der Waals surface area contributed by atoms with Crippen LogP contribution in [0.25, 0.3) is 0 Å². The number of carbonyl (C=O) groups excluding carboxylic acids is 1. The first-order chi connectivity index (χ1) is 8.58. The summed E-state index contributed by atoms with van der Waals surface area (Å²) in [6.07, 6.45) is 3.83. The van der Waals surface area contributed by atoms with Gasteiger partial charge in [0.05, 0.1) is 11.9 Å². The van der Waals surface area contributed by atoms with Gasteiger partial charge in [0.25, 0.3) is 0 Å². The highest BCUT2D eigenvalue weighted by Gasteiger charge is 2.23. The Bertz CT molecular complexity index is 441. The van der Waals surface area contributed by atoms with E-state index < -0.39 is 0 Å². The maximum absolute atomic E-state index is 12.1. The Balaban J connectivity index is 1.99. The number of hydrogen-bond acceptors (Lipinski definition) is 4. The van der Waals surface area contributed by atoms with Crippen molar-refractivity contribution in [2.45, 2.75) is 32.7 Å². The number of nitrogens with one attached hydrogen (secondary N) is 1. The van der Waals surface area contributed by atoms with Crippen LogP contribution in [0, 0.1) is 6.92 Å². The van der Waals surface area contributed by atoms with Crippen LogP contribution in [-0.4, -0.2) is 34.9 Å². The van der Waals surface area contributed by atoms with Crippen LogP contribution < -0.4 is 11.1 Å². The van der Waals surface area contributed by atoms with Gasteiger partial charge in [-0.2, -0.15) is 0 Å². The first-order valence-corrected chi connectivity index (χ1v) is 6.35. The van der Waals surface area contributed by atoms with E-state index in [1.807, 2.05) is 24.8 Å². The predicted octanol–water partition coefficient (Wildman–Crippen LogP) is 1.40. The van der Waals surface area contributed by atoms with E-state index in [4.69, 9.17) is 5.73 Å². The number of aryl methyl sites for hydroxylation is 1. The van der Waals surface area contributed by atoms with E-state index in [2.05, 4.69) is 10.3 Å². The summed E-state index contributed by atoms with van der Waals surface area (Å²) in [6, 6.07) is 1.61. The van der Waals surface area contributed by atoms with Gasteiger partial charge in [-0.1, -0.05) is 0 Å². The third kappa shape index (κ3) is 2.72. The maximum atomic E-state index is 12.1. The van der Waals surface area contributed by atoms with Crippen LogP contribution in [0.4, 0.5) is 11.5 Å². The number of amides is 1. The number of nitrogens with two attached hydrogens (primary N) is 1. The first kappa shape index (κ1) is 12.7. The fraction of sp³-hybridized carbons (Fsp3) is 0.538. The molecular weight excluding hydrogens is 228 g/mol. The van der Waals surface area contributed by atoms with E-state index in [-0.39, 0.29) is 11.9 Å². The van der Waals surface area contributed by atoms with Crippen molar-refractivity contribution in [3.63, 3.8) is 0 Å². The lowest BCUT2D eigenvalue weighted by atomic mass is 10.2. The highest BCUT2D eigenvalue weighted by atomic mass is 16.2. The topological polar surface area (TPSA) is 71.2 Å². The van der Waals surface area contributed by atoms with E-state index >= 15 is 0 Å². The summed E-state index contributed by atoms with van der Waals surface area (Å²) >= 11 is 0. The van der Waals surface area contributed by atoms with Gasteiger partial charge in [0, 0.05) is 13.1 Å². The number of nitrogens with zero attached hydrogens (tertiary/aromatic N) is 2. The molecule has 1 aliphatic rings. The summed E-state index contributed by atoms with van der Waals surface area (Å²) < 4.78 is 0. The average molecular weight is 248 g/mol. The van der Waals surface area contributed by atoms with E-state index in [1.165, 1.54) is 0 Å². The van der Waals surface area contributed by atoms with Crippen molar-refractivity contribution < 1.29 is 4.79 Å². The molecule has 2 heterocycles. The van der Waals surface area contributed by atoms with Gasteiger partial charge in [-0.3, -0.25) is 4.79 Å². The van der Waals surface area contributed by atoms with Crippen molar-refractivity contribution in [2.75, 3.05) is 24.1 Å².